The number of carbonyl (C=O) groups excluding carboxylic acids is 1. The molecular weight excluding hydrogens is 356 g/mol. The van der Waals surface area contributed by atoms with Gasteiger partial charge in [-0.25, -0.2) is 8.42 Å². The van der Waals surface area contributed by atoms with Gasteiger partial charge in [-0.05, 0) is 42.3 Å². The van der Waals surface area contributed by atoms with Crippen LogP contribution in [0.2, 0.25) is 0 Å². The van der Waals surface area contributed by atoms with E-state index in [4.69, 9.17) is 0 Å². The lowest BCUT2D eigenvalue weighted by molar-refractivity contribution is -0.118. The fourth-order valence-electron chi connectivity index (χ4n) is 2.47. The lowest BCUT2D eigenvalue weighted by Crippen LogP contribution is -2.20. The predicted molar refractivity (Wildman–Crippen MR) is 102 cm³/mol. The molecule has 0 spiro atoms. The Morgan fingerprint density at radius 2 is 1.92 bits per heavy atom. The number of hydrogen-bond acceptors (Lipinski definition) is 4. The third-order valence-electron chi connectivity index (χ3n) is 4.07. The minimum atomic E-state index is -3.72. The summed E-state index contributed by atoms with van der Waals surface area (Å²) in [6.07, 6.45) is 0.896. The maximum Gasteiger partial charge on any atom is 0.261 e. The van der Waals surface area contributed by atoms with E-state index in [2.05, 4.69) is 10.0 Å². The van der Waals surface area contributed by atoms with E-state index >= 15 is 0 Å². The van der Waals surface area contributed by atoms with Crippen molar-refractivity contribution in [2.75, 3.05) is 15.8 Å². The summed E-state index contributed by atoms with van der Waals surface area (Å²) in [6.45, 7) is 3.90. The normalized spacial score (nSPS) is 17.4. The van der Waals surface area contributed by atoms with E-state index < -0.39 is 10.0 Å². The van der Waals surface area contributed by atoms with Crippen molar-refractivity contribution in [3.63, 3.8) is 0 Å². The second kappa shape index (κ2) is 7.09. The summed E-state index contributed by atoms with van der Waals surface area (Å²) in [5.74, 6) is 0.462. The number of aryl methyl sites for hydroxylation is 1. The summed E-state index contributed by atoms with van der Waals surface area (Å²) in [4.78, 5) is 13.0. The fourth-order valence-corrected chi connectivity index (χ4v) is 4.56. The highest BCUT2D eigenvalue weighted by molar-refractivity contribution is 7.99. The summed E-state index contributed by atoms with van der Waals surface area (Å²) in [7, 11) is -3.72. The first kappa shape index (κ1) is 17.8. The molecule has 3 rings (SSSR count). The SMILES string of the molecule is CCc1ccc(NS(=O)(=O)c2ccc3c(c2)NC(=O)C(C)CS3)cc1. The summed E-state index contributed by atoms with van der Waals surface area (Å²) in [6, 6.07) is 12.1. The Bertz CT molecular complexity index is 893. The van der Waals surface area contributed by atoms with Gasteiger partial charge in [0, 0.05) is 22.3 Å². The van der Waals surface area contributed by atoms with Crippen LogP contribution in [0.25, 0.3) is 0 Å². The number of fused-ring (bicyclic) bond motifs is 1. The number of amides is 1. The molecule has 5 nitrogen and oxygen atoms in total. The van der Waals surface area contributed by atoms with Crippen molar-refractivity contribution < 1.29 is 13.2 Å². The zero-order valence-corrected chi connectivity index (χ0v) is 15.7. The Labute approximate surface area is 152 Å². The van der Waals surface area contributed by atoms with E-state index in [0.29, 0.717) is 17.1 Å². The smallest absolute Gasteiger partial charge is 0.261 e. The first-order valence-electron chi connectivity index (χ1n) is 8.08. The van der Waals surface area contributed by atoms with E-state index in [1.165, 1.54) is 6.07 Å². The topological polar surface area (TPSA) is 75.3 Å². The maximum atomic E-state index is 12.6. The summed E-state index contributed by atoms with van der Waals surface area (Å²) < 4.78 is 27.9. The summed E-state index contributed by atoms with van der Waals surface area (Å²) >= 11 is 1.55. The predicted octanol–water partition coefficient (Wildman–Crippen LogP) is 3.73. The van der Waals surface area contributed by atoms with Crippen LogP contribution in [0.5, 0.6) is 0 Å². The minimum Gasteiger partial charge on any atom is -0.325 e. The van der Waals surface area contributed by atoms with Gasteiger partial charge in [0.25, 0.3) is 10.0 Å². The standard InChI is InChI=1S/C18H20N2O3S2/c1-3-13-4-6-14(7-5-13)20-25(22,23)15-8-9-17-16(10-15)19-18(21)12(2)11-24-17/h4-10,12,20H,3,11H2,1-2H3,(H,19,21). The number of rotatable bonds is 4. The number of thioether (sulfide) groups is 1. The molecule has 2 aromatic carbocycles. The molecule has 2 aromatic rings. The van der Waals surface area contributed by atoms with Gasteiger partial charge in [-0.2, -0.15) is 0 Å². The Kier molecular flexibility index (Phi) is 5.06. The van der Waals surface area contributed by atoms with Gasteiger partial charge in [-0.1, -0.05) is 26.0 Å². The van der Waals surface area contributed by atoms with Crippen LogP contribution in [-0.4, -0.2) is 20.1 Å². The molecule has 0 fully saturated rings. The van der Waals surface area contributed by atoms with E-state index in [1.54, 1.807) is 36.0 Å². The van der Waals surface area contributed by atoms with Gasteiger partial charge < -0.3 is 5.32 Å². The van der Waals surface area contributed by atoms with Crippen LogP contribution >= 0.6 is 11.8 Å². The second-order valence-electron chi connectivity index (χ2n) is 6.02. The molecule has 1 aliphatic rings. The van der Waals surface area contributed by atoms with Gasteiger partial charge in [0.15, 0.2) is 0 Å². The van der Waals surface area contributed by atoms with E-state index in [0.717, 1.165) is 16.9 Å². The average Bonchev–Trinajstić information content (AvgIpc) is 2.74. The minimum absolute atomic E-state index is 0.0936. The number of carbonyl (C=O) groups is 1. The third kappa shape index (κ3) is 3.99. The largest absolute Gasteiger partial charge is 0.325 e. The fraction of sp³-hybridized carbons (Fsp3) is 0.278. The molecule has 1 heterocycles. The molecule has 1 unspecified atom stereocenters. The molecular formula is C18H20N2O3S2. The lowest BCUT2D eigenvalue weighted by Gasteiger charge is -2.12. The molecule has 0 aromatic heterocycles. The number of anilines is 2. The molecule has 7 heteroatoms. The molecule has 1 aliphatic heterocycles. The molecule has 1 amide bonds. The Hall–Kier alpha value is -1.99. The van der Waals surface area contributed by atoms with E-state index in [9.17, 15) is 13.2 Å². The van der Waals surface area contributed by atoms with Crippen molar-refractivity contribution in [1.29, 1.82) is 0 Å². The quantitative estimate of drug-likeness (QED) is 0.853. The maximum absolute atomic E-state index is 12.6. The van der Waals surface area contributed by atoms with Gasteiger partial charge in [-0.3, -0.25) is 9.52 Å². The van der Waals surface area contributed by atoms with Crippen LogP contribution < -0.4 is 10.0 Å². The average molecular weight is 377 g/mol. The van der Waals surface area contributed by atoms with Gasteiger partial charge >= 0.3 is 0 Å². The van der Waals surface area contributed by atoms with Gasteiger partial charge in [0.1, 0.15) is 0 Å². The van der Waals surface area contributed by atoms with Gasteiger partial charge in [0.2, 0.25) is 5.91 Å². The van der Waals surface area contributed by atoms with Crippen LogP contribution in [0, 0.1) is 5.92 Å². The first-order valence-corrected chi connectivity index (χ1v) is 10.6. The Morgan fingerprint density at radius 1 is 1.20 bits per heavy atom. The molecule has 0 aliphatic carbocycles. The highest BCUT2D eigenvalue weighted by atomic mass is 32.2. The van der Waals surface area contributed by atoms with Crippen molar-refractivity contribution in [2.24, 2.45) is 5.92 Å². The molecule has 0 saturated carbocycles. The molecule has 0 radical (unpaired) electrons. The molecule has 0 saturated heterocycles. The van der Waals surface area contributed by atoms with Crippen LogP contribution in [-0.2, 0) is 21.2 Å². The number of sulfonamides is 1. The zero-order valence-electron chi connectivity index (χ0n) is 14.1. The molecule has 2 N–H and O–H groups in total. The van der Waals surface area contributed by atoms with Gasteiger partial charge in [0.05, 0.1) is 10.6 Å². The Morgan fingerprint density at radius 3 is 2.60 bits per heavy atom. The number of benzene rings is 2. The van der Waals surface area contributed by atoms with Crippen LogP contribution in [0.3, 0.4) is 0 Å². The zero-order chi connectivity index (χ0) is 18.0. The highest BCUT2D eigenvalue weighted by Crippen LogP contribution is 2.34. The molecule has 0 bridgehead atoms. The monoisotopic (exact) mass is 376 g/mol. The van der Waals surface area contributed by atoms with Crippen LogP contribution in [0.15, 0.2) is 52.3 Å². The van der Waals surface area contributed by atoms with Crippen LogP contribution in [0.4, 0.5) is 11.4 Å². The summed E-state index contributed by atoms with van der Waals surface area (Å²) in [5, 5.41) is 2.81. The third-order valence-corrected chi connectivity index (χ3v) is 6.78. The number of hydrogen-bond donors (Lipinski definition) is 2. The Balaban J connectivity index is 1.87. The van der Waals surface area contributed by atoms with Crippen molar-refractivity contribution in [3.05, 3.63) is 48.0 Å². The van der Waals surface area contributed by atoms with E-state index in [-0.39, 0.29) is 16.7 Å². The van der Waals surface area contributed by atoms with Crippen molar-refractivity contribution in [2.45, 2.75) is 30.1 Å². The van der Waals surface area contributed by atoms with Crippen molar-refractivity contribution in [1.82, 2.24) is 0 Å². The lowest BCUT2D eigenvalue weighted by atomic mass is 10.2. The first-order chi connectivity index (χ1) is 11.9. The molecule has 25 heavy (non-hydrogen) atoms. The number of nitrogens with one attached hydrogen (secondary N) is 2. The second-order valence-corrected chi connectivity index (χ2v) is 8.76. The van der Waals surface area contributed by atoms with Gasteiger partial charge in [-0.15, -0.1) is 11.8 Å². The summed E-state index contributed by atoms with van der Waals surface area (Å²) in [5.41, 5.74) is 2.20. The van der Waals surface area contributed by atoms with Crippen molar-refractivity contribution in [3.8, 4) is 0 Å². The molecule has 132 valence electrons. The van der Waals surface area contributed by atoms with E-state index in [1.807, 2.05) is 26.0 Å². The highest BCUT2D eigenvalue weighted by Gasteiger charge is 2.23. The van der Waals surface area contributed by atoms with Crippen molar-refractivity contribution >= 4 is 39.1 Å². The molecule has 1 atom stereocenters. The van der Waals surface area contributed by atoms with Crippen LogP contribution in [0.1, 0.15) is 19.4 Å².